The molecule has 0 bridgehead atoms. The fourth-order valence-corrected chi connectivity index (χ4v) is 2.74. The van der Waals surface area contributed by atoms with Crippen LogP contribution in [-0.2, 0) is 16.0 Å². The van der Waals surface area contributed by atoms with Gasteiger partial charge in [-0.15, -0.1) is 0 Å². The second-order valence-corrected chi connectivity index (χ2v) is 6.09. The summed E-state index contributed by atoms with van der Waals surface area (Å²) in [4.78, 5) is 14.1. The van der Waals surface area contributed by atoms with Gasteiger partial charge in [0, 0.05) is 11.3 Å². The Kier molecular flexibility index (Phi) is 10.4. The van der Waals surface area contributed by atoms with Crippen LogP contribution >= 0.6 is 0 Å². The smallest absolute Gasteiger partial charge is 0.305 e. The third-order valence-corrected chi connectivity index (χ3v) is 4.21. The van der Waals surface area contributed by atoms with Crippen LogP contribution in [0.2, 0.25) is 0 Å². The number of hydrogen-bond acceptors (Lipinski definition) is 3. The molecule has 1 rings (SSSR count). The molecule has 5 nitrogen and oxygen atoms in total. The van der Waals surface area contributed by atoms with Crippen molar-refractivity contribution in [1.29, 1.82) is 0 Å². The molecule has 0 heterocycles. The van der Waals surface area contributed by atoms with Crippen LogP contribution in [0, 0.1) is 0 Å². The van der Waals surface area contributed by atoms with Crippen molar-refractivity contribution in [2.24, 2.45) is 5.11 Å². The summed E-state index contributed by atoms with van der Waals surface area (Å²) in [6, 6.07) is 8.12. The van der Waals surface area contributed by atoms with E-state index >= 15 is 0 Å². The summed E-state index contributed by atoms with van der Waals surface area (Å²) in [5.41, 5.74) is 11.1. The number of aryl methyl sites for hydroxylation is 1. The first-order chi connectivity index (χ1) is 11.7. The summed E-state index contributed by atoms with van der Waals surface area (Å²) in [6.07, 6.45) is 9.00. The molecule has 1 aromatic rings. The van der Waals surface area contributed by atoms with Crippen molar-refractivity contribution in [3.8, 4) is 0 Å². The lowest BCUT2D eigenvalue weighted by atomic mass is 9.98. The van der Waals surface area contributed by atoms with Gasteiger partial charge in [0.25, 0.3) is 0 Å². The fraction of sp³-hybridized carbons (Fsp3) is 0.632. The van der Waals surface area contributed by atoms with Crippen LogP contribution in [0.3, 0.4) is 0 Å². The number of carbonyl (C=O) groups excluding carboxylic acids is 1. The Bertz CT molecular complexity index is 522. The zero-order valence-corrected chi connectivity index (χ0v) is 14.9. The molecule has 132 valence electrons. The molecule has 0 spiro atoms. The normalized spacial score (nSPS) is 11.6. The number of hydrogen-bond donors (Lipinski definition) is 0. The molecule has 0 N–H and O–H groups in total. The van der Waals surface area contributed by atoms with E-state index in [0.717, 1.165) is 31.2 Å². The van der Waals surface area contributed by atoms with Crippen LogP contribution in [0.1, 0.15) is 75.5 Å². The second kappa shape index (κ2) is 12.4. The number of rotatable bonds is 12. The summed E-state index contributed by atoms with van der Waals surface area (Å²) in [5, 5.41) is 3.96. The topological polar surface area (TPSA) is 75.1 Å². The van der Waals surface area contributed by atoms with Gasteiger partial charge < -0.3 is 4.74 Å². The molecule has 0 saturated carbocycles. The lowest BCUT2D eigenvalue weighted by Gasteiger charge is -2.12. The highest BCUT2D eigenvalue weighted by molar-refractivity contribution is 5.69. The van der Waals surface area contributed by atoms with E-state index in [2.05, 4.69) is 33.8 Å². The first-order valence-corrected chi connectivity index (χ1v) is 8.91. The summed E-state index contributed by atoms with van der Waals surface area (Å²) in [5.74, 6) is -0.168. The van der Waals surface area contributed by atoms with Crippen molar-refractivity contribution in [3.63, 3.8) is 0 Å². The van der Waals surface area contributed by atoms with Gasteiger partial charge in [-0.25, -0.2) is 0 Å². The second-order valence-electron chi connectivity index (χ2n) is 6.09. The molecule has 0 saturated heterocycles. The van der Waals surface area contributed by atoms with Crippen molar-refractivity contribution >= 4 is 5.97 Å². The molecule has 0 aliphatic carbocycles. The van der Waals surface area contributed by atoms with Gasteiger partial charge in [-0.3, -0.25) is 4.79 Å². The minimum atomic E-state index is -0.168. The van der Waals surface area contributed by atoms with E-state index in [1.807, 2.05) is 12.1 Å². The molecule has 0 aliphatic heterocycles. The van der Waals surface area contributed by atoms with Gasteiger partial charge in [0.15, 0.2) is 0 Å². The van der Waals surface area contributed by atoms with Crippen LogP contribution in [0.4, 0.5) is 0 Å². The Labute approximate surface area is 145 Å². The molecule has 1 atom stereocenters. The van der Waals surface area contributed by atoms with E-state index in [1.165, 1.54) is 38.4 Å². The van der Waals surface area contributed by atoms with Crippen molar-refractivity contribution < 1.29 is 9.53 Å². The minimum Gasteiger partial charge on any atom is -0.469 e. The first kappa shape index (κ1) is 20.0. The van der Waals surface area contributed by atoms with Crippen LogP contribution in [0.15, 0.2) is 29.4 Å². The number of esters is 1. The van der Waals surface area contributed by atoms with Gasteiger partial charge in [-0.2, -0.15) is 0 Å². The molecule has 0 fully saturated rings. The molecular weight excluding hydrogens is 302 g/mol. The van der Waals surface area contributed by atoms with E-state index in [4.69, 9.17) is 5.53 Å². The van der Waals surface area contributed by atoms with Crippen molar-refractivity contribution in [2.45, 2.75) is 70.8 Å². The van der Waals surface area contributed by atoms with Gasteiger partial charge in [0.05, 0.1) is 13.2 Å². The standard InChI is InChI=1S/C19H29N3O2/c1-3-4-5-6-7-10-18(21-22-20)17-14-12-16(13-15-17)9-8-11-19(23)24-2/h12-15,18H,3-11H2,1-2H3. The van der Waals surface area contributed by atoms with Crippen molar-refractivity contribution in [1.82, 2.24) is 0 Å². The SMILES string of the molecule is CCCCCCCC(N=[N+]=[N-])c1ccc(CCCC(=O)OC)cc1. The highest BCUT2D eigenvalue weighted by atomic mass is 16.5. The third kappa shape index (κ3) is 8.02. The molecule has 1 aromatic carbocycles. The van der Waals surface area contributed by atoms with Crippen molar-refractivity contribution in [2.75, 3.05) is 7.11 Å². The van der Waals surface area contributed by atoms with Crippen molar-refractivity contribution in [3.05, 3.63) is 45.8 Å². The maximum Gasteiger partial charge on any atom is 0.305 e. The van der Waals surface area contributed by atoms with E-state index in [1.54, 1.807) is 0 Å². The molecule has 0 amide bonds. The van der Waals surface area contributed by atoms with Crippen LogP contribution < -0.4 is 0 Å². The predicted molar refractivity (Wildman–Crippen MR) is 96.7 cm³/mol. The minimum absolute atomic E-state index is 0.0826. The van der Waals surface area contributed by atoms with Gasteiger partial charge in [0.2, 0.25) is 0 Å². The monoisotopic (exact) mass is 331 g/mol. The predicted octanol–water partition coefficient (Wildman–Crippen LogP) is 5.89. The van der Waals surface area contributed by atoms with Crippen LogP contribution in [-0.4, -0.2) is 13.1 Å². The maximum absolute atomic E-state index is 11.1. The highest BCUT2D eigenvalue weighted by Gasteiger charge is 2.09. The van der Waals surface area contributed by atoms with Gasteiger partial charge in [0.1, 0.15) is 0 Å². The van der Waals surface area contributed by atoms with E-state index in [-0.39, 0.29) is 12.0 Å². The summed E-state index contributed by atoms with van der Waals surface area (Å²) < 4.78 is 4.64. The molecule has 0 radical (unpaired) electrons. The number of nitrogens with zero attached hydrogens (tertiary/aromatic N) is 3. The first-order valence-electron chi connectivity index (χ1n) is 8.91. The highest BCUT2D eigenvalue weighted by Crippen LogP contribution is 2.25. The van der Waals surface area contributed by atoms with Gasteiger partial charge >= 0.3 is 5.97 Å². The molecule has 0 aliphatic rings. The number of unbranched alkanes of at least 4 members (excludes halogenated alkanes) is 4. The molecule has 5 heteroatoms. The summed E-state index contributed by atoms with van der Waals surface area (Å²) in [6.45, 7) is 2.20. The lowest BCUT2D eigenvalue weighted by Crippen LogP contribution is -2.00. The number of carbonyl (C=O) groups is 1. The fourth-order valence-electron chi connectivity index (χ4n) is 2.74. The molecule has 0 aromatic heterocycles. The van der Waals surface area contributed by atoms with Gasteiger partial charge in [-0.05, 0) is 35.9 Å². The Morgan fingerprint density at radius 3 is 2.50 bits per heavy atom. The summed E-state index contributed by atoms with van der Waals surface area (Å²) in [7, 11) is 1.41. The third-order valence-electron chi connectivity index (χ3n) is 4.21. The maximum atomic E-state index is 11.1. The molecular formula is C19H29N3O2. The number of methoxy groups -OCH3 is 1. The quantitative estimate of drug-likeness (QED) is 0.157. The summed E-state index contributed by atoms with van der Waals surface area (Å²) >= 11 is 0. The lowest BCUT2D eigenvalue weighted by molar-refractivity contribution is -0.140. The average Bonchev–Trinajstić information content (AvgIpc) is 2.61. The Morgan fingerprint density at radius 1 is 1.17 bits per heavy atom. The van der Waals surface area contributed by atoms with Gasteiger partial charge in [-0.1, -0.05) is 68.4 Å². The average molecular weight is 331 g/mol. The number of azide groups is 1. The molecule has 1 unspecified atom stereocenters. The zero-order valence-electron chi connectivity index (χ0n) is 14.9. The van der Waals surface area contributed by atoms with E-state index in [9.17, 15) is 4.79 Å². The zero-order chi connectivity index (χ0) is 17.6. The van der Waals surface area contributed by atoms with E-state index < -0.39 is 0 Å². The van der Waals surface area contributed by atoms with Crippen LogP contribution in [0.25, 0.3) is 10.4 Å². The Hall–Kier alpha value is -2.00. The van der Waals surface area contributed by atoms with Crippen LogP contribution in [0.5, 0.6) is 0 Å². The van der Waals surface area contributed by atoms with E-state index in [0.29, 0.717) is 6.42 Å². The Morgan fingerprint density at radius 2 is 1.88 bits per heavy atom. The number of benzene rings is 1. The number of ether oxygens (including phenoxy) is 1. The largest absolute Gasteiger partial charge is 0.469 e. The Balaban J connectivity index is 2.49. The molecule has 24 heavy (non-hydrogen) atoms.